The molecule has 25 heavy (non-hydrogen) atoms. The Bertz CT molecular complexity index is 670. The highest BCUT2D eigenvalue weighted by Crippen LogP contribution is 2.28. The second-order valence-electron chi connectivity index (χ2n) is 7.10. The molecule has 0 aliphatic carbocycles. The Morgan fingerprint density at radius 2 is 1.68 bits per heavy atom. The lowest BCUT2D eigenvalue weighted by Gasteiger charge is -2.49. The van der Waals surface area contributed by atoms with Crippen LogP contribution in [0.4, 0.5) is 0 Å². The van der Waals surface area contributed by atoms with E-state index in [0.29, 0.717) is 6.04 Å². The summed E-state index contributed by atoms with van der Waals surface area (Å²) >= 11 is 5.98. The van der Waals surface area contributed by atoms with Crippen molar-refractivity contribution in [3.8, 4) is 5.75 Å². The summed E-state index contributed by atoms with van der Waals surface area (Å²) in [4.78, 5) is 5.13. The minimum Gasteiger partial charge on any atom is -0.487 e. The Morgan fingerprint density at radius 1 is 0.960 bits per heavy atom. The van der Waals surface area contributed by atoms with Crippen LogP contribution in [0.5, 0.6) is 5.75 Å². The fraction of sp³-hybridized carbons (Fsp3) is 0.429. The number of rotatable bonds is 6. The molecule has 2 aliphatic heterocycles. The fourth-order valence-corrected chi connectivity index (χ4v) is 3.98. The molecule has 0 spiro atoms. The summed E-state index contributed by atoms with van der Waals surface area (Å²) in [5, 5.41) is 0.750. The Balaban J connectivity index is 1.42. The van der Waals surface area contributed by atoms with Gasteiger partial charge in [0.15, 0.2) is 0 Å². The summed E-state index contributed by atoms with van der Waals surface area (Å²) in [5.41, 5.74) is 1.37. The van der Waals surface area contributed by atoms with E-state index in [4.69, 9.17) is 16.3 Å². The van der Waals surface area contributed by atoms with Crippen LogP contribution in [0.3, 0.4) is 0 Å². The minimum atomic E-state index is 0.255. The van der Waals surface area contributed by atoms with E-state index in [2.05, 4.69) is 40.1 Å². The molecule has 0 N–H and O–H groups in total. The van der Waals surface area contributed by atoms with Crippen molar-refractivity contribution >= 4 is 11.6 Å². The molecule has 2 aromatic carbocycles. The predicted octanol–water partition coefficient (Wildman–Crippen LogP) is 4.07. The van der Waals surface area contributed by atoms with Crippen molar-refractivity contribution in [3.63, 3.8) is 0 Å². The minimum absolute atomic E-state index is 0.255. The maximum atomic E-state index is 6.27. The Morgan fingerprint density at radius 3 is 2.40 bits per heavy atom. The van der Waals surface area contributed by atoms with E-state index < -0.39 is 0 Å². The zero-order valence-electron chi connectivity index (χ0n) is 14.5. The topological polar surface area (TPSA) is 15.7 Å². The van der Waals surface area contributed by atoms with E-state index in [9.17, 15) is 0 Å². The third kappa shape index (κ3) is 4.17. The standard InChI is InChI=1S/C21H25ClN2O/c22-18-8-10-19(11-9-18)25-21-16-24(14-17-6-2-1-3-7-17)20(21)15-23-12-4-5-13-23/h1-3,6-11,20-21H,4-5,12-16H2/t20-,21-/m1/s1. The molecule has 4 rings (SSSR count). The van der Waals surface area contributed by atoms with Crippen molar-refractivity contribution in [2.45, 2.75) is 31.5 Å². The van der Waals surface area contributed by atoms with Gasteiger partial charge in [0.05, 0.1) is 6.04 Å². The summed E-state index contributed by atoms with van der Waals surface area (Å²) in [6.45, 7) is 5.54. The first-order valence-corrected chi connectivity index (χ1v) is 9.58. The molecule has 0 amide bonds. The molecule has 2 heterocycles. The van der Waals surface area contributed by atoms with Crippen molar-refractivity contribution in [2.24, 2.45) is 0 Å². The lowest BCUT2D eigenvalue weighted by atomic mass is 9.97. The molecule has 2 fully saturated rings. The molecule has 4 heteroatoms. The van der Waals surface area contributed by atoms with Gasteiger partial charge in [0.2, 0.25) is 0 Å². The van der Waals surface area contributed by atoms with Gasteiger partial charge in [-0.3, -0.25) is 4.90 Å². The van der Waals surface area contributed by atoms with E-state index in [-0.39, 0.29) is 6.10 Å². The van der Waals surface area contributed by atoms with Crippen LogP contribution in [0.1, 0.15) is 18.4 Å². The van der Waals surface area contributed by atoms with Crippen LogP contribution < -0.4 is 4.74 Å². The van der Waals surface area contributed by atoms with Crippen LogP contribution >= 0.6 is 11.6 Å². The molecular formula is C21H25ClN2O. The first kappa shape index (κ1) is 16.9. The number of ether oxygens (including phenoxy) is 1. The molecule has 2 saturated heterocycles. The van der Waals surface area contributed by atoms with Crippen LogP contribution in [0.2, 0.25) is 5.02 Å². The van der Waals surface area contributed by atoms with E-state index in [0.717, 1.165) is 30.4 Å². The highest BCUT2D eigenvalue weighted by Gasteiger charge is 2.41. The monoisotopic (exact) mass is 356 g/mol. The highest BCUT2D eigenvalue weighted by molar-refractivity contribution is 6.30. The quantitative estimate of drug-likeness (QED) is 0.776. The van der Waals surface area contributed by atoms with Gasteiger partial charge in [0, 0.05) is 24.7 Å². The lowest BCUT2D eigenvalue weighted by molar-refractivity contribution is -0.0621. The average molecular weight is 357 g/mol. The second-order valence-corrected chi connectivity index (χ2v) is 7.54. The molecule has 132 valence electrons. The van der Waals surface area contributed by atoms with Gasteiger partial charge >= 0.3 is 0 Å². The first-order valence-electron chi connectivity index (χ1n) is 9.20. The van der Waals surface area contributed by atoms with Gasteiger partial charge in [0.1, 0.15) is 11.9 Å². The lowest BCUT2D eigenvalue weighted by Crippen LogP contribution is -2.65. The largest absolute Gasteiger partial charge is 0.487 e. The van der Waals surface area contributed by atoms with Crippen molar-refractivity contribution in [1.29, 1.82) is 0 Å². The summed E-state index contributed by atoms with van der Waals surface area (Å²) < 4.78 is 6.27. The Labute approximate surface area is 155 Å². The molecular weight excluding hydrogens is 332 g/mol. The van der Waals surface area contributed by atoms with Crippen LogP contribution in [-0.2, 0) is 6.54 Å². The fourth-order valence-electron chi connectivity index (χ4n) is 3.85. The third-order valence-electron chi connectivity index (χ3n) is 5.29. The van der Waals surface area contributed by atoms with E-state index in [1.54, 1.807) is 0 Å². The van der Waals surface area contributed by atoms with Crippen LogP contribution in [-0.4, -0.2) is 48.1 Å². The normalized spacial score (nSPS) is 24.2. The number of likely N-dealkylation sites (tertiary alicyclic amines) is 2. The van der Waals surface area contributed by atoms with Gasteiger partial charge in [-0.1, -0.05) is 41.9 Å². The highest BCUT2D eigenvalue weighted by atomic mass is 35.5. The van der Waals surface area contributed by atoms with Crippen LogP contribution in [0, 0.1) is 0 Å². The van der Waals surface area contributed by atoms with Gasteiger partial charge in [-0.25, -0.2) is 0 Å². The van der Waals surface area contributed by atoms with Gasteiger partial charge in [-0.05, 0) is 55.8 Å². The number of nitrogens with zero attached hydrogens (tertiary/aromatic N) is 2. The van der Waals surface area contributed by atoms with E-state index in [1.165, 1.54) is 31.5 Å². The second kappa shape index (κ2) is 7.77. The molecule has 0 saturated carbocycles. The maximum absolute atomic E-state index is 6.27. The van der Waals surface area contributed by atoms with Crippen molar-refractivity contribution in [3.05, 3.63) is 65.2 Å². The summed E-state index contributed by atoms with van der Waals surface area (Å²) in [6, 6.07) is 18.9. The van der Waals surface area contributed by atoms with Gasteiger partial charge in [-0.2, -0.15) is 0 Å². The zero-order valence-corrected chi connectivity index (χ0v) is 15.2. The van der Waals surface area contributed by atoms with Crippen molar-refractivity contribution in [2.75, 3.05) is 26.2 Å². The summed E-state index contributed by atoms with van der Waals surface area (Å²) in [6.07, 6.45) is 2.91. The number of halogens is 1. The smallest absolute Gasteiger partial charge is 0.128 e. The molecule has 0 radical (unpaired) electrons. The Hall–Kier alpha value is -1.55. The predicted molar refractivity (Wildman–Crippen MR) is 102 cm³/mol. The molecule has 0 aromatic heterocycles. The summed E-state index contributed by atoms with van der Waals surface area (Å²) in [5.74, 6) is 0.917. The van der Waals surface area contributed by atoms with Crippen LogP contribution in [0.15, 0.2) is 54.6 Å². The SMILES string of the molecule is Clc1ccc(O[C@@H]2CN(Cc3ccccc3)[C@@H]2CN2CCCC2)cc1. The van der Waals surface area contributed by atoms with Gasteiger partial charge < -0.3 is 9.64 Å². The molecule has 2 atom stereocenters. The van der Waals surface area contributed by atoms with Crippen molar-refractivity contribution < 1.29 is 4.74 Å². The molecule has 2 aliphatic rings. The van der Waals surface area contributed by atoms with Gasteiger partial charge in [0.25, 0.3) is 0 Å². The van der Waals surface area contributed by atoms with E-state index in [1.807, 2.05) is 24.3 Å². The first-order chi connectivity index (χ1) is 12.3. The third-order valence-corrected chi connectivity index (χ3v) is 5.54. The molecule has 0 bridgehead atoms. The summed E-state index contributed by atoms with van der Waals surface area (Å²) in [7, 11) is 0. The average Bonchev–Trinajstić information content (AvgIpc) is 3.15. The van der Waals surface area contributed by atoms with Crippen molar-refractivity contribution in [1.82, 2.24) is 9.80 Å². The van der Waals surface area contributed by atoms with Gasteiger partial charge in [-0.15, -0.1) is 0 Å². The Kier molecular flexibility index (Phi) is 5.25. The molecule has 3 nitrogen and oxygen atoms in total. The number of hydrogen-bond donors (Lipinski definition) is 0. The zero-order chi connectivity index (χ0) is 17.1. The molecule has 2 aromatic rings. The number of hydrogen-bond acceptors (Lipinski definition) is 3. The maximum Gasteiger partial charge on any atom is 0.128 e. The number of benzene rings is 2. The van der Waals surface area contributed by atoms with Crippen LogP contribution in [0.25, 0.3) is 0 Å². The molecule has 0 unspecified atom stereocenters. The van der Waals surface area contributed by atoms with E-state index >= 15 is 0 Å².